The fourth-order valence-corrected chi connectivity index (χ4v) is 1.99. The van der Waals surface area contributed by atoms with Gasteiger partial charge in [0, 0.05) is 12.4 Å². The molecule has 2 rings (SSSR count). The molecule has 80 valence electrons. The van der Waals surface area contributed by atoms with Crippen molar-refractivity contribution in [1.29, 1.82) is 0 Å². The van der Waals surface area contributed by atoms with Crippen molar-refractivity contribution >= 4 is 11.3 Å². The second-order valence-corrected chi connectivity index (χ2v) is 4.38. The highest BCUT2D eigenvalue weighted by atomic mass is 32.1. The van der Waals surface area contributed by atoms with Crippen molar-refractivity contribution < 1.29 is 0 Å². The van der Waals surface area contributed by atoms with Gasteiger partial charge in [0.2, 0.25) is 0 Å². The van der Waals surface area contributed by atoms with E-state index in [0.717, 1.165) is 22.4 Å². The average molecular weight is 223 g/mol. The lowest BCUT2D eigenvalue weighted by molar-refractivity contribution is 0.804. The molecule has 1 unspecified atom stereocenters. The fraction of sp³-hybridized carbons (Fsp3) is 0.444. The number of hydrogen-bond acceptors (Lipinski definition) is 5. The highest BCUT2D eigenvalue weighted by Crippen LogP contribution is 2.22. The van der Waals surface area contributed by atoms with Crippen LogP contribution in [0.4, 0.5) is 0 Å². The molecule has 0 saturated heterocycles. The summed E-state index contributed by atoms with van der Waals surface area (Å²) in [7, 11) is 1.93. The number of nitrogens with zero attached hydrogens (tertiary/aromatic N) is 4. The number of hydrogen-bond donors (Lipinski definition) is 1. The first-order valence-corrected chi connectivity index (χ1v) is 5.55. The topological polar surface area (TPSA) is 69.6 Å². The largest absolute Gasteiger partial charge is 0.322 e. The predicted molar refractivity (Wildman–Crippen MR) is 59.5 cm³/mol. The zero-order chi connectivity index (χ0) is 11.0. The Bertz CT molecular complexity index is 471. The molecule has 0 amide bonds. The van der Waals surface area contributed by atoms with Crippen LogP contribution in [0.1, 0.15) is 23.8 Å². The van der Waals surface area contributed by atoms with Crippen LogP contribution < -0.4 is 5.73 Å². The van der Waals surface area contributed by atoms with E-state index in [1.807, 2.05) is 30.8 Å². The molecule has 2 aromatic rings. The SMILES string of the molecule is Cc1nnc(-c2csc(C(C)N)n2)n1C. The number of thiazole rings is 1. The van der Waals surface area contributed by atoms with E-state index in [2.05, 4.69) is 15.2 Å². The van der Waals surface area contributed by atoms with Gasteiger partial charge in [0.15, 0.2) is 5.82 Å². The van der Waals surface area contributed by atoms with E-state index in [-0.39, 0.29) is 6.04 Å². The van der Waals surface area contributed by atoms with Gasteiger partial charge in [0.25, 0.3) is 0 Å². The molecule has 0 spiro atoms. The highest BCUT2D eigenvalue weighted by Gasteiger charge is 2.12. The molecule has 15 heavy (non-hydrogen) atoms. The van der Waals surface area contributed by atoms with Gasteiger partial charge in [-0.05, 0) is 13.8 Å². The molecule has 2 heterocycles. The maximum atomic E-state index is 5.75. The molecule has 0 aliphatic rings. The molecule has 0 aliphatic heterocycles. The summed E-state index contributed by atoms with van der Waals surface area (Å²) in [5.74, 6) is 1.66. The van der Waals surface area contributed by atoms with Crippen LogP contribution in [0.5, 0.6) is 0 Å². The van der Waals surface area contributed by atoms with Crippen LogP contribution in [0, 0.1) is 6.92 Å². The van der Waals surface area contributed by atoms with Crippen molar-refractivity contribution in [1.82, 2.24) is 19.7 Å². The second-order valence-electron chi connectivity index (χ2n) is 3.49. The lowest BCUT2D eigenvalue weighted by Crippen LogP contribution is -2.04. The van der Waals surface area contributed by atoms with Crippen molar-refractivity contribution in [2.45, 2.75) is 19.9 Å². The molecule has 6 heteroatoms. The van der Waals surface area contributed by atoms with Gasteiger partial charge >= 0.3 is 0 Å². The highest BCUT2D eigenvalue weighted by molar-refractivity contribution is 7.10. The zero-order valence-electron chi connectivity index (χ0n) is 8.93. The maximum Gasteiger partial charge on any atom is 0.183 e. The van der Waals surface area contributed by atoms with Gasteiger partial charge in [-0.3, -0.25) is 0 Å². The van der Waals surface area contributed by atoms with E-state index in [4.69, 9.17) is 5.73 Å². The molecule has 0 aromatic carbocycles. The third-order valence-corrected chi connectivity index (χ3v) is 3.28. The Hall–Kier alpha value is -1.27. The summed E-state index contributed by atoms with van der Waals surface area (Å²) in [6.07, 6.45) is 0. The van der Waals surface area contributed by atoms with Crippen molar-refractivity contribution in [3.05, 3.63) is 16.2 Å². The smallest absolute Gasteiger partial charge is 0.183 e. The van der Waals surface area contributed by atoms with E-state index in [1.165, 1.54) is 0 Å². The summed E-state index contributed by atoms with van der Waals surface area (Å²) < 4.78 is 1.92. The summed E-state index contributed by atoms with van der Waals surface area (Å²) in [4.78, 5) is 4.42. The minimum atomic E-state index is -0.0296. The molecule has 0 radical (unpaired) electrons. The Kier molecular flexibility index (Phi) is 2.54. The summed E-state index contributed by atoms with van der Waals surface area (Å²) in [6.45, 7) is 3.83. The van der Waals surface area contributed by atoms with Crippen LogP contribution in [0.2, 0.25) is 0 Å². The van der Waals surface area contributed by atoms with Gasteiger partial charge in [-0.2, -0.15) is 0 Å². The third kappa shape index (κ3) is 1.78. The van der Waals surface area contributed by atoms with E-state index in [1.54, 1.807) is 11.3 Å². The van der Waals surface area contributed by atoms with Gasteiger partial charge in [0.05, 0.1) is 6.04 Å². The van der Waals surface area contributed by atoms with Crippen LogP contribution in [0.25, 0.3) is 11.5 Å². The summed E-state index contributed by atoms with van der Waals surface area (Å²) in [5.41, 5.74) is 6.60. The van der Waals surface area contributed by atoms with Crippen LogP contribution >= 0.6 is 11.3 Å². The monoisotopic (exact) mass is 223 g/mol. The normalized spacial score (nSPS) is 13.1. The Balaban J connectivity index is 2.41. The zero-order valence-corrected chi connectivity index (χ0v) is 9.75. The first-order chi connectivity index (χ1) is 7.09. The van der Waals surface area contributed by atoms with Gasteiger partial charge < -0.3 is 10.3 Å². The molecular formula is C9H13N5S. The molecule has 0 saturated carbocycles. The number of aryl methyl sites for hydroxylation is 1. The molecule has 0 aliphatic carbocycles. The molecule has 1 atom stereocenters. The van der Waals surface area contributed by atoms with Crippen LogP contribution in [-0.4, -0.2) is 19.7 Å². The van der Waals surface area contributed by atoms with E-state index < -0.39 is 0 Å². The summed E-state index contributed by atoms with van der Waals surface area (Å²) in [6, 6.07) is -0.0296. The van der Waals surface area contributed by atoms with Crippen molar-refractivity contribution in [3.63, 3.8) is 0 Å². The summed E-state index contributed by atoms with van der Waals surface area (Å²) >= 11 is 1.55. The molecule has 5 nitrogen and oxygen atoms in total. The van der Waals surface area contributed by atoms with Crippen molar-refractivity contribution in [3.8, 4) is 11.5 Å². The molecule has 2 aromatic heterocycles. The lowest BCUT2D eigenvalue weighted by Gasteiger charge is -1.98. The van der Waals surface area contributed by atoms with Crippen LogP contribution in [0.15, 0.2) is 5.38 Å². The Labute approximate surface area is 92.0 Å². The van der Waals surface area contributed by atoms with Gasteiger partial charge in [0.1, 0.15) is 16.5 Å². The number of rotatable bonds is 2. The van der Waals surface area contributed by atoms with Gasteiger partial charge in [-0.25, -0.2) is 4.98 Å². The Morgan fingerprint density at radius 3 is 2.67 bits per heavy atom. The number of nitrogens with two attached hydrogens (primary N) is 1. The fourth-order valence-electron chi connectivity index (χ4n) is 1.23. The van der Waals surface area contributed by atoms with E-state index in [0.29, 0.717) is 0 Å². The lowest BCUT2D eigenvalue weighted by atomic mass is 10.4. The predicted octanol–water partition coefficient (Wildman–Crippen LogP) is 1.27. The first kappa shape index (κ1) is 10.3. The first-order valence-electron chi connectivity index (χ1n) is 4.67. The molecule has 2 N–H and O–H groups in total. The van der Waals surface area contributed by atoms with E-state index in [9.17, 15) is 0 Å². The minimum absolute atomic E-state index is 0.0296. The quantitative estimate of drug-likeness (QED) is 0.832. The summed E-state index contributed by atoms with van der Waals surface area (Å²) in [5, 5.41) is 10.9. The van der Waals surface area contributed by atoms with Crippen LogP contribution in [-0.2, 0) is 7.05 Å². The molecule has 0 fully saturated rings. The Morgan fingerprint density at radius 1 is 1.47 bits per heavy atom. The van der Waals surface area contributed by atoms with E-state index >= 15 is 0 Å². The molecule has 0 bridgehead atoms. The Morgan fingerprint density at radius 2 is 2.20 bits per heavy atom. The molecular weight excluding hydrogens is 210 g/mol. The second kappa shape index (κ2) is 3.71. The third-order valence-electron chi connectivity index (χ3n) is 2.23. The standard InChI is InChI=1S/C9H13N5S/c1-5(10)9-11-7(4-15-9)8-13-12-6(2)14(8)3/h4-5H,10H2,1-3H3. The number of aromatic nitrogens is 4. The van der Waals surface area contributed by atoms with Gasteiger partial charge in [-0.1, -0.05) is 0 Å². The van der Waals surface area contributed by atoms with Crippen LogP contribution in [0.3, 0.4) is 0 Å². The van der Waals surface area contributed by atoms with Crippen molar-refractivity contribution in [2.75, 3.05) is 0 Å². The minimum Gasteiger partial charge on any atom is -0.322 e. The van der Waals surface area contributed by atoms with Gasteiger partial charge in [-0.15, -0.1) is 21.5 Å². The average Bonchev–Trinajstić information content (AvgIpc) is 2.76. The maximum absolute atomic E-state index is 5.75. The van der Waals surface area contributed by atoms with Crippen molar-refractivity contribution in [2.24, 2.45) is 12.8 Å².